The monoisotopic (exact) mass is 370 g/mol. The van der Waals surface area contributed by atoms with Crippen molar-refractivity contribution < 1.29 is 9.21 Å². The van der Waals surface area contributed by atoms with E-state index in [1.165, 1.54) is 0 Å². The lowest BCUT2D eigenvalue weighted by atomic mass is 10.1. The molecular formula is C18H15BrN2O2. The zero-order chi connectivity index (χ0) is 16.4. The Bertz CT molecular complexity index is 834. The minimum atomic E-state index is -0.158. The van der Waals surface area contributed by atoms with Gasteiger partial charge in [-0.1, -0.05) is 22.0 Å². The average Bonchev–Trinajstić information content (AvgIpc) is 2.88. The normalized spacial score (nSPS) is 10.6. The Balaban J connectivity index is 1.82. The first-order valence-corrected chi connectivity index (χ1v) is 7.93. The molecule has 1 aromatic heterocycles. The molecule has 0 spiro atoms. The molecule has 4 nitrogen and oxygen atoms in total. The SMILES string of the molecule is Cc1nc(-c2cccc(NC(=O)c3ccc(Br)cc3)c2)oc1C. The van der Waals surface area contributed by atoms with Gasteiger partial charge in [0, 0.05) is 21.3 Å². The lowest BCUT2D eigenvalue weighted by molar-refractivity contribution is 0.102. The molecule has 0 aliphatic carbocycles. The maximum Gasteiger partial charge on any atom is 0.255 e. The molecule has 2 aromatic carbocycles. The van der Waals surface area contributed by atoms with Crippen molar-refractivity contribution in [2.75, 3.05) is 5.32 Å². The molecule has 0 aliphatic rings. The maximum absolute atomic E-state index is 12.3. The first-order valence-electron chi connectivity index (χ1n) is 7.14. The molecular weight excluding hydrogens is 356 g/mol. The highest BCUT2D eigenvalue weighted by atomic mass is 79.9. The molecule has 0 radical (unpaired) electrons. The van der Waals surface area contributed by atoms with Gasteiger partial charge in [-0.15, -0.1) is 0 Å². The fourth-order valence-electron chi connectivity index (χ4n) is 2.13. The Labute approximate surface area is 142 Å². The lowest BCUT2D eigenvalue weighted by Gasteiger charge is -2.06. The smallest absolute Gasteiger partial charge is 0.255 e. The molecule has 0 aliphatic heterocycles. The van der Waals surface area contributed by atoms with Crippen LogP contribution in [0, 0.1) is 13.8 Å². The van der Waals surface area contributed by atoms with E-state index in [9.17, 15) is 4.79 Å². The molecule has 3 rings (SSSR count). The number of aromatic nitrogens is 1. The van der Waals surface area contributed by atoms with Crippen molar-refractivity contribution in [3.05, 3.63) is 70.0 Å². The van der Waals surface area contributed by atoms with Crippen molar-refractivity contribution in [3.63, 3.8) is 0 Å². The second-order valence-electron chi connectivity index (χ2n) is 5.20. The molecule has 0 saturated carbocycles. The minimum Gasteiger partial charge on any atom is -0.441 e. The first kappa shape index (κ1) is 15.5. The topological polar surface area (TPSA) is 55.1 Å². The highest BCUT2D eigenvalue weighted by molar-refractivity contribution is 9.10. The van der Waals surface area contributed by atoms with Crippen LogP contribution in [0.4, 0.5) is 5.69 Å². The molecule has 5 heteroatoms. The van der Waals surface area contributed by atoms with E-state index in [-0.39, 0.29) is 5.91 Å². The van der Waals surface area contributed by atoms with Gasteiger partial charge in [0.2, 0.25) is 5.89 Å². The Morgan fingerprint density at radius 3 is 2.52 bits per heavy atom. The van der Waals surface area contributed by atoms with E-state index in [0.717, 1.165) is 21.5 Å². The molecule has 1 N–H and O–H groups in total. The fourth-order valence-corrected chi connectivity index (χ4v) is 2.40. The van der Waals surface area contributed by atoms with Crippen LogP contribution in [0.5, 0.6) is 0 Å². The van der Waals surface area contributed by atoms with Gasteiger partial charge in [-0.05, 0) is 56.3 Å². The number of oxazole rings is 1. The number of aryl methyl sites for hydroxylation is 2. The predicted molar refractivity (Wildman–Crippen MR) is 93.5 cm³/mol. The van der Waals surface area contributed by atoms with Gasteiger partial charge in [0.25, 0.3) is 5.91 Å². The summed E-state index contributed by atoms with van der Waals surface area (Å²) in [6, 6.07) is 14.7. The second kappa shape index (κ2) is 6.38. The van der Waals surface area contributed by atoms with Crippen LogP contribution in [0.1, 0.15) is 21.8 Å². The third-order valence-electron chi connectivity index (χ3n) is 3.50. The summed E-state index contributed by atoms with van der Waals surface area (Å²) >= 11 is 3.36. The third kappa shape index (κ3) is 3.51. The average molecular weight is 371 g/mol. The van der Waals surface area contributed by atoms with Crippen molar-refractivity contribution in [1.29, 1.82) is 0 Å². The molecule has 3 aromatic rings. The number of amides is 1. The standard InChI is InChI=1S/C18H15BrN2O2/c1-11-12(2)23-18(20-11)14-4-3-5-16(10-14)21-17(22)13-6-8-15(19)9-7-13/h3-10H,1-2H3,(H,21,22). The molecule has 0 unspecified atom stereocenters. The van der Waals surface area contributed by atoms with Gasteiger partial charge in [0.1, 0.15) is 5.76 Å². The zero-order valence-corrected chi connectivity index (χ0v) is 14.3. The number of hydrogen-bond acceptors (Lipinski definition) is 3. The number of hydrogen-bond donors (Lipinski definition) is 1. The highest BCUT2D eigenvalue weighted by Crippen LogP contribution is 2.24. The largest absolute Gasteiger partial charge is 0.441 e. The fraction of sp³-hybridized carbons (Fsp3) is 0.111. The predicted octanol–water partition coefficient (Wildman–Crippen LogP) is 4.97. The van der Waals surface area contributed by atoms with Crippen LogP contribution < -0.4 is 5.32 Å². The van der Waals surface area contributed by atoms with E-state index in [4.69, 9.17) is 4.42 Å². The molecule has 1 heterocycles. The van der Waals surface area contributed by atoms with Crippen LogP contribution in [0.3, 0.4) is 0 Å². The number of nitrogens with zero attached hydrogens (tertiary/aromatic N) is 1. The van der Waals surface area contributed by atoms with E-state index >= 15 is 0 Å². The van der Waals surface area contributed by atoms with Crippen molar-refractivity contribution in [2.45, 2.75) is 13.8 Å². The number of rotatable bonds is 3. The Morgan fingerprint density at radius 2 is 1.87 bits per heavy atom. The summed E-state index contributed by atoms with van der Waals surface area (Å²) in [5, 5.41) is 2.89. The van der Waals surface area contributed by atoms with E-state index in [2.05, 4.69) is 26.2 Å². The van der Waals surface area contributed by atoms with Crippen molar-refractivity contribution in [3.8, 4) is 11.5 Å². The number of nitrogens with one attached hydrogen (secondary N) is 1. The van der Waals surface area contributed by atoms with E-state index in [1.807, 2.05) is 50.2 Å². The van der Waals surface area contributed by atoms with E-state index in [1.54, 1.807) is 12.1 Å². The van der Waals surface area contributed by atoms with Crippen LogP contribution >= 0.6 is 15.9 Å². The number of carbonyl (C=O) groups is 1. The van der Waals surface area contributed by atoms with Crippen LogP contribution in [0.2, 0.25) is 0 Å². The second-order valence-corrected chi connectivity index (χ2v) is 6.12. The van der Waals surface area contributed by atoms with E-state index in [0.29, 0.717) is 17.1 Å². The summed E-state index contributed by atoms with van der Waals surface area (Å²) in [4.78, 5) is 16.6. The molecule has 116 valence electrons. The third-order valence-corrected chi connectivity index (χ3v) is 4.03. The summed E-state index contributed by atoms with van der Waals surface area (Å²) in [5.74, 6) is 1.19. The quantitative estimate of drug-likeness (QED) is 0.707. The van der Waals surface area contributed by atoms with Crippen LogP contribution in [0.15, 0.2) is 57.4 Å². The Kier molecular flexibility index (Phi) is 4.30. The number of halogens is 1. The van der Waals surface area contributed by atoms with Gasteiger partial charge >= 0.3 is 0 Å². The van der Waals surface area contributed by atoms with E-state index < -0.39 is 0 Å². The lowest BCUT2D eigenvalue weighted by Crippen LogP contribution is -2.11. The van der Waals surface area contributed by atoms with Crippen molar-refractivity contribution in [1.82, 2.24) is 4.98 Å². The van der Waals surface area contributed by atoms with Crippen LogP contribution in [-0.2, 0) is 0 Å². The summed E-state index contributed by atoms with van der Waals surface area (Å²) in [5.41, 5.74) is 2.99. The summed E-state index contributed by atoms with van der Waals surface area (Å²) in [7, 11) is 0. The Morgan fingerprint density at radius 1 is 1.13 bits per heavy atom. The van der Waals surface area contributed by atoms with Gasteiger partial charge in [0.15, 0.2) is 0 Å². The molecule has 0 fully saturated rings. The zero-order valence-electron chi connectivity index (χ0n) is 12.8. The van der Waals surface area contributed by atoms with Gasteiger partial charge < -0.3 is 9.73 Å². The van der Waals surface area contributed by atoms with Gasteiger partial charge in [0.05, 0.1) is 5.69 Å². The van der Waals surface area contributed by atoms with Crippen LogP contribution in [-0.4, -0.2) is 10.9 Å². The first-order chi connectivity index (χ1) is 11.0. The summed E-state index contributed by atoms with van der Waals surface area (Å²) in [6.45, 7) is 3.78. The highest BCUT2D eigenvalue weighted by Gasteiger charge is 2.10. The Hall–Kier alpha value is -2.40. The number of carbonyl (C=O) groups excluding carboxylic acids is 1. The minimum absolute atomic E-state index is 0.158. The number of benzene rings is 2. The van der Waals surface area contributed by atoms with Crippen LogP contribution in [0.25, 0.3) is 11.5 Å². The summed E-state index contributed by atoms with van der Waals surface area (Å²) in [6.07, 6.45) is 0. The van der Waals surface area contributed by atoms with Gasteiger partial charge in [-0.2, -0.15) is 0 Å². The summed E-state index contributed by atoms with van der Waals surface area (Å²) < 4.78 is 6.56. The van der Waals surface area contributed by atoms with Gasteiger partial charge in [-0.25, -0.2) is 4.98 Å². The molecule has 23 heavy (non-hydrogen) atoms. The van der Waals surface area contributed by atoms with Crippen molar-refractivity contribution >= 4 is 27.5 Å². The van der Waals surface area contributed by atoms with Crippen molar-refractivity contribution in [2.24, 2.45) is 0 Å². The van der Waals surface area contributed by atoms with Gasteiger partial charge in [-0.3, -0.25) is 4.79 Å². The molecule has 1 amide bonds. The number of anilines is 1. The maximum atomic E-state index is 12.3. The molecule has 0 bridgehead atoms. The molecule has 0 atom stereocenters. The molecule has 0 saturated heterocycles.